The summed E-state index contributed by atoms with van der Waals surface area (Å²) < 4.78 is 6.99. The lowest BCUT2D eigenvalue weighted by Crippen LogP contribution is -2.49. The van der Waals surface area contributed by atoms with Crippen LogP contribution in [0.5, 0.6) is 5.75 Å². The highest BCUT2D eigenvalue weighted by molar-refractivity contribution is 6.33. The molecule has 1 saturated heterocycles. The van der Waals surface area contributed by atoms with E-state index in [-0.39, 0.29) is 12.5 Å². The van der Waals surface area contributed by atoms with Gasteiger partial charge in [-0.2, -0.15) is 5.10 Å². The summed E-state index contributed by atoms with van der Waals surface area (Å²) in [6, 6.07) is 9.59. The number of methoxy groups -OCH3 is 1. The molecule has 0 saturated carbocycles. The molecule has 0 aliphatic carbocycles. The van der Waals surface area contributed by atoms with Gasteiger partial charge in [-0.15, -0.1) is 0 Å². The summed E-state index contributed by atoms with van der Waals surface area (Å²) in [6.45, 7) is 6.68. The zero-order valence-electron chi connectivity index (χ0n) is 18.3. The Morgan fingerprint density at radius 3 is 2.50 bits per heavy atom. The maximum atomic E-state index is 13.0. The molecule has 1 fully saturated rings. The van der Waals surface area contributed by atoms with Crippen LogP contribution in [0.15, 0.2) is 36.5 Å². The van der Waals surface area contributed by atoms with Gasteiger partial charge in [0.05, 0.1) is 22.8 Å². The fourth-order valence-corrected chi connectivity index (χ4v) is 4.20. The number of carbonyl (C=O) groups excluding carboxylic acids is 1. The van der Waals surface area contributed by atoms with Crippen molar-refractivity contribution in [3.05, 3.63) is 58.0 Å². The predicted molar refractivity (Wildman–Crippen MR) is 127 cm³/mol. The number of piperazine rings is 1. The number of halogens is 2. The molecule has 2 aromatic heterocycles. The van der Waals surface area contributed by atoms with E-state index in [4.69, 9.17) is 27.9 Å². The van der Waals surface area contributed by atoms with Crippen LogP contribution in [-0.2, 0) is 11.3 Å². The van der Waals surface area contributed by atoms with E-state index in [9.17, 15) is 4.79 Å². The van der Waals surface area contributed by atoms with E-state index in [1.807, 2.05) is 49.1 Å². The van der Waals surface area contributed by atoms with Crippen molar-refractivity contribution in [2.45, 2.75) is 20.4 Å². The van der Waals surface area contributed by atoms with E-state index in [1.54, 1.807) is 18.0 Å². The molecule has 0 atom stereocenters. The van der Waals surface area contributed by atoms with Crippen LogP contribution in [0.1, 0.15) is 11.4 Å². The Hall–Kier alpha value is -2.77. The van der Waals surface area contributed by atoms with Gasteiger partial charge in [-0.25, -0.2) is 0 Å². The molecule has 168 valence electrons. The number of nitrogens with zero attached hydrogens (tertiary/aromatic N) is 5. The van der Waals surface area contributed by atoms with Gasteiger partial charge in [-0.05, 0) is 38.1 Å². The second kappa shape index (κ2) is 9.38. The van der Waals surface area contributed by atoms with E-state index >= 15 is 0 Å². The number of amides is 1. The summed E-state index contributed by atoms with van der Waals surface area (Å²) in [4.78, 5) is 21.4. The zero-order valence-corrected chi connectivity index (χ0v) is 19.8. The molecule has 0 N–H and O–H groups in total. The lowest BCUT2D eigenvalue weighted by molar-refractivity contribution is -0.132. The van der Waals surface area contributed by atoms with Crippen molar-refractivity contribution in [3.63, 3.8) is 0 Å². The fraction of sp³-hybridized carbons (Fsp3) is 0.348. The molecular weight excluding hydrogens is 449 g/mol. The van der Waals surface area contributed by atoms with Gasteiger partial charge in [-0.1, -0.05) is 23.2 Å². The minimum absolute atomic E-state index is 0.0224. The summed E-state index contributed by atoms with van der Waals surface area (Å²) in [5.74, 6) is 0.669. The van der Waals surface area contributed by atoms with Crippen LogP contribution >= 0.6 is 23.2 Å². The highest BCUT2D eigenvalue weighted by Gasteiger charge is 2.24. The van der Waals surface area contributed by atoms with Gasteiger partial charge in [0.15, 0.2) is 0 Å². The first kappa shape index (κ1) is 22.4. The first-order valence-corrected chi connectivity index (χ1v) is 11.1. The molecule has 0 radical (unpaired) electrons. The van der Waals surface area contributed by atoms with Crippen molar-refractivity contribution in [2.75, 3.05) is 38.2 Å². The molecule has 1 aliphatic heterocycles. The SMILES string of the molecule is COc1cc(N2CCN(C(=O)Cn3nc(-c4ccc(C)nc4)c(Cl)c3C)CC2)ccc1Cl. The van der Waals surface area contributed by atoms with Gasteiger partial charge >= 0.3 is 0 Å². The maximum Gasteiger partial charge on any atom is 0.244 e. The van der Waals surface area contributed by atoms with Crippen LogP contribution in [0, 0.1) is 13.8 Å². The smallest absolute Gasteiger partial charge is 0.244 e. The van der Waals surface area contributed by atoms with Gasteiger partial charge in [-0.3, -0.25) is 14.5 Å². The van der Waals surface area contributed by atoms with Gasteiger partial charge < -0.3 is 14.5 Å². The maximum absolute atomic E-state index is 13.0. The molecule has 4 rings (SSSR count). The first-order valence-electron chi connectivity index (χ1n) is 10.4. The van der Waals surface area contributed by atoms with Crippen LogP contribution in [0.25, 0.3) is 11.3 Å². The molecule has 1 aromatic carbocycles. The number of aryl methyl sites for hydroxylation is 1. The highest BCUT2D eigenvalue weighted by atomic mass is 35.5. The molecule has 0 spiro atoms. The van der Waals surface area contributed by atoms with E-state index < -0.39 is 0 Å². The summed E-state index contributed by atoms with van der Waals surface area (Å²) in [6.07, 6.45) is 1.75. The van der Waals surface area contributed by atoms with Crippen LogP contribution in [0.2, 0.25) is 10.0 Å². The van der Waals surface area contributed by atoms with Crippen LogP contribution in [0.4, 0.5) is 5.69 Å². The van der Waals surface area contributed by atoms with E-state index in [2.05, 4.69) is 15.0 Å². The Balaban J connectivity index is 1.41. The Kier molecular flexibility index (Phi) is 6.58. The van der Waals surface area contributed by atoms with Crippen molar-refractivity contribution >= 4 is 34.8 Å². The van der Waals surface area contributed by atoms with E-state index in [0.29, 0.717) is 34.6 Å². The number of hydrogen-bond donors (Lipinski definition) is 0. The third-order valence-electron chi connectivity index (χ3n) is 5.74. The summed E-state index contributed by atoms with van der Waals surface area (Å²) in [5, 5.41) is 5.72. The summed E-state index contributed by atoms with van der Waals surface area (Å²) in [7, 11) is 1.60. The summed E-state index contributed by atoms with van der Waals surface area (Å²) in [5.41, 5.74) is 4.20. The second-order valence-corrected chi connectivity index (χ2v) is 8.57. The minimum atomic E-state index is 0.0224. The monoisotopic (exact) mass is 473 g/mol. The third kappa shape index (κ3) is 4.54. The summed E-state index contributed by atoms with van der Waals surface area (Å²) >= 11 is 12.6. The predicted octanol–water partition coefficient (Wildman–Crippen LogP) is 4.23. The third-order valence-corrected chi connectivity index (χ3v) is 6.50. The normalized spacial score (nSPS) is 14.0. The van der Waals surface area contributed by atoms with Crippen molar-refractivity contribution in [3.8, 4) is 17.0 Å². The average Bonchev–Trinajstić information content (AvgIpc) is 3.08. The first-order chi connectivity index (χ1) is 15.4. The number of pyridine rings is 1. The Morgan fingerprint density at radius 1 is 1.09 bits per heavy atom. The average molecular weight is 474 g/mol. The molecule has 1 amide bonds. The molecule has 1 aliphatic rings. The van der Waals surface area contributed by atoms with Crippen molar-refractivity contribution in [2.24, 2.45) is 0 Å². The van der Waals surface area contributed by atoms with Crippen molar-refractivity contribution < 1.29 is 9.53 Å². The minimum Gasteiger partial charge on any atom is -0.495 e. The fourth-order valence-electron chi connectivity index (χ4n) is 3.76. The lowest BCUT2D eigenvalue weighted by Gasteiger charge is -2.36. The number of aromatic nitrogens is 3. The Morgan fingerprint density at radius 2 is 1.84 bits per heavy atom. The topological polar surface area (TPSA) is 63.5 Å². The molecule has 9 heteroatoms. The van der Waals surface area contributed by atoms with Gasteiger partial charge in [0.25, 0.3) is 0 Å². The van der Waals surface area contributed by atoms with Gasteiger partial charge in [0.2, 0.25) is 5.91 Å². The van der Waals surface area contributed by atoms with Crippen molar-refractivity contribution in [1.82, 2.24) is 19.7 Å². The molecule has 32 heavy (non-hydrogen) atoms. The molecule has 0 bridgehead atoms. The van der Waals surface area contributed by atoms with Crippen molar-refractivity contribution in [1.29, 1.82) is 0 Å². The van der Waals surface area contributed by atoms with Crippen LogP contribution in [0.3, 0.4) is 0 Å². The second-order valence-electron chi connectivity index (χ2n) is 7.78. The molecule has 7 nitrogen and oxygen atoms in total. The number of anilines is 1. The van der Waals surface area contributed by atoms with Gasteiger partial charge in [0, 0.05) is 55.4 Å². The molecular formula is C23H25Cl2N5O2. The zero-order chi connectivity index (χ0) is 22.8. The standard InChI is InChI=1S/C23H25Cl2N5O2/c1-15-4-5-17(13-26-15)23-22(25)16(2)30(27-23)14-21(31)29-10-8-28(9-11-29)18-6-7-19(24)20(12-18)32-3/h4-7,12-13H,8-11,14H2,1-3H3. The van der Waals surface area contributed by atoms with Crippen LogP contribution < -0.4 is 9.64 Å². The van der Waals surface area contributed by atoms with E-state index in [0.717, 1.165) is 35.7 Å². The molecule has 3 aromatic rings. The van der Waals surface area contributed by atoms with Crippen LogP contribution in [-0.4, -0.2) is 58.9 Å². The Labute approximate surface area is 197 Å². The number of rotatable bonds is 5. The number of hydrogen-bond acceptors (Lipinski definition) is 5. The molecule has 0 unspecified atom stereocenters. The number of benzene rings is 1. The van der Waals surface area contributed by atoms with Gasteiger partial charge in [0.1, 0.15) is 18.0 Å². The number of ether oxygens (including phenoxy) is 1. The highest BCUT2D eigenvalue weighted by Crippen LogP contribution is 2.31. The van der Waals surface area contributed by atoms with E-state index in [1.165, 1.54) is 0 Å². The molecule has 3 heterocycles. The quantitative estimate of drug-likeness (QED) is 0.554. The Bertz CT molecular complexity index is 1120. The number of carbonyl (C=O) groups is 1. The lowest BCUT2D eigenvalue weighted by atomic mass is 10.2. The largest absolute Gasteiger partial charge is 0.495 e.